The SMILES string of the molecule is COc1cc(NC(=O)NCCCCCO)cc(OC)c1. The van der Waals surface area contributed by atoms with Crippen molar-refractivity contribution < 1.29 is 19.4 Å². The maximum absolute atomic E-state index is 11.7. The van der Waals surface area contributed by atoms with E-state index in [2.05, 4.69) is 10.6 Å². The topological polar surface area (TPSA) is 79.8 Å². The zero-order chi connectivity index (χ0) is 14.8. The zero-order valence-corrected chi connectivity index (χ0v) is 11.9. The van der Waals surface area contributed by atoms with Crippen LogP contribution in [0.3, 0.4) is 0 Å². The number of urea groups is 1. The monoisotopic (exact) mass is 282 g/mol. The molecule has 0 heterocycles. The third-order valence-electron chi connectivity index (χ3n) is 2.73. The molecule has 0 aliphatic carbocycles. The fourth-order valence-electron chi connectivity index (χ4n) is 1.67. The molecule has 2 amide bonds. The van der Waals surface area contributed by atoms with E-state index < -0.39 is 0 Å². The molecule has 0 aliphatic heterocycles. The molecule has 1 aromatic rings. The van der Waals surface area contributed by atoms with Crippen LogP contribution < -0.4 is 20.1 Å². The largest absolute Gasteiger partial charge is 0.497 e. The Kier molecular flexibility index (Phi) is 7.27. The van der Waals surface area contributed by atoms with E-state index in [1.165, 1.54) is 0 Å². The van der Waals surface area contributed by atoms with E-state index >= 15 is 0 Å². The summed E-state index contributed by atoms with van der Waals surface area (Å²) < 4.78 is 10.3. The van der Waals surface area contributed by atoms with Crippen molar-refractivity contribution in [2.45, 2.75) is 19.3 Å². The Hall–Kier alpha value is -1.95. The fourth-order valence-corrected chi connectivity index (χ4v) is 1.67. The van der Waals surface area contributed by atoms with Crippen LogP contribution in [0.4, 0.5) is 10.5 Å². The van der Waals surface area contributed by atoms with Gasteiger partial charge in [0.25, 0.3) is 0 Å². The Bertz CT molecular complexity index is 401. The lowest BCUT2D eigenvalue weighted by Gasteiger charge is -2.10. The van der Waals surface area contributed by atoms with Gasteiger partial charge in [-0.2, -0.15) is 0 Å². The highest BCUT2D eigenvalue weighted by Crippen LogP contribution is 2.25. The lowest BCUT2D eigenvalue weighted by Crippen LogP contribution is -2.29. The van der Waals surface area contributed by atoms with Crippen molar-refractivity contribution in [2.24, 2.45) is 0 Å². The van der Waals surface area contributed by atoms with Gasteiger partial charge in [-0.05, 0) is 19.3 Å². The molecule has 0 aliphatic rings. The van der Waals surface area contributed by atoms with Gasteiger partial charge in [-0.25, -0.2) is 4.79 Å². The number of ether oxygens (including phenoxy) is 2. The number of rotatable bonds is 8. The van der Waals surface area contributed by atoms with Gasteiger partial charge in [0.1, 0.15) is 11.5 Å². The van der Waals surface area contributed by atoms with Gasteiger partial charge in [0.2, 0.25) is 0 Å². The number of carbonyl (C=O) groups excluding carboxylic acids is 1. The number of benzene rings is 1. The minimum absolute atomic E-state index is 0.190. The number of nitrogens with one attached hydrogen (secondary N) is 2. The van der Waals surface area contributed by atoms with E-state index in [0.29, 0.717) is 23.7 Å². The molecule has 0 atom stereocenters. The normalized spacial score (nSPS) is 9.95. The number of hydrogen-bond donors (Lipinski definition) is 3. The molecular formula is C14H22N2O4. The van der Waals surface area contributed by atoms with Crippen molar-refractivity contribution in [2.75, 3.05) is 32.7 Å². The number of methoxy groups -OCH3 is 2. The van der Waals surface area contributed by atoms with Crippen LogP contribution in [0, 0.1) is 0 Å². The second-order valence-electron chi connectivity index (χ2n) is 4.27. The maximum Gasteiger partial charge on any atom is 0.319 e. The fraction of sp³-hybridized carbons (Fsp3) is 0.500. The standard InChI is InChI=1S/C14H22N2O4/c1-19-12-8-11(9-13(10-12)20-2)16-14(18)15-6-4-3-5-7-17/h8-10,17H,3-7H2,1-2H3,(H2,15,16,18). The molecule has 1 rings (SSSR count). The summed E-state index contributed by atoms with van der Waals surface area (Å²) >= 11 is 0. The van der Waals surface area contributed by atoms with Gasteiger partial charge in [0.15, 0.2) is 0 Å². The molecule has 0 fully saturated rings. The molecule has 0 aromatic heterocycles. The molecule has 1 aromatic carbocycles. The first kappa shape index (κ1) is 16.1. The molecule has 0 spiro atoms. The van der Waals surface area contributed by atoms with Gasteiger partial charge in [-0.3, -0.25) is 0 Å². The van der Waals surface area contributed by atoms with E-state index in [-0.39, 0.29) is 12.6 Å². The van der Waals surface area contributed by atoms with Crippen LogP contribution in [0.1, 0.15) is 19.3 Å². The van der Waals surface area contributed by atoms with E-state index in [0.717, 1.165) is 19.3 Å². The Labute approximate surface area is 119 Å². The highest BCUT2D eigenvalue weighted by molar-refractivity contribution is 5.89. The quantitative estimate of drug-likeness (QED) is 0.637. The Balaban J connectivity index is 2.44. The summed E-state index contributed by atoms with van der Waals surface area (Å²) in [6.07, 6.45) is 2.50. The number of unbranched alkanes of at least 4 members (excludes halogenated alkanes) is 2. The van der Waals surface area contributed by atoms with Crippen molar-refractivity contribution in [1.29, 1.82) is 0 Å². The molecule has 0 radical (unpaired) electrons. The molecule has 0 unspecified atom stereocenters. The van der Waals surface area contributed by atoms with Crippen molar-refractivity contribution in [1.82, 2.24) is 5.32 Å². The van der Waals surface area contributed by atoms with Crippen LogP contribution in [0.15, 0.2) is 18.2 Å². The first-order valence-corrected chi connectivity index (χ1v) is 6.58. The van der Waals surface area contributed by atoms with Crippen molar-refractivity contribution in [3.63, 3.8) is 0 Å². The molecule has 20 heavy (non-hydrogen) atoms. The van der Waals surface area contributed by atoms with Crippen LogP contribution in [0.2, 0.25) is 0 Å². The summed E-state index contributed by atoms with van der Waals surface area (Å²) in [7, 11) is 3.11. The molecule has 112 valence electrons. The predicted octanol–water partition coefficient (Wildman–Crippen LogP) is 1.99. The average molecular weight is 282 g/mol. The number of hydrogen-bond acceptors (Lipinski definition) is 4. The van der Waals surface area contributed by atoms with Crippen LogP contribution >= 0.6 is 0 Å². The van der Waals surface area contributed by atoms with E-state index in [4.69, 9.17) is 14.6 Å². The lowest BCUT2D eigenvalue weighted by molar-refractivity contribution is 0.251. The van der Waals surface area contributed by atoms with E-state index in [1.807, 2.05) is 0 Å². The minimum Gasteiger partial charge on any atom is -0.497 e. The molecule has 3 N–H and O–H groups in total. The maximum atomic E-state index is 11.7. The van der Waals surface area contributed by atoms with Gasteiger partial charge >= 0.3 is 6.03 Å². The van der Waals surface area contributed by atoms with Gasteiger partial charge in [0.05, 0.1) is 14.2 Å². The van der Waals surface area contributed by atoms with Gasteiger partial charge in [-0.15, -0.1) is 0 Å². The van der Waals surface area contributed by atoms with Crippen LogP contribution in [-0.2, 0) is 0 Å². The molecule has 0 saturated heterocycles. The summed E-state index contributed by atoms with van der Waals surface area (Å²) in [4.78, 5) is 11.7. The summed E-state index contributed by atoms with van der Waals surface area (Å²) in [6.45, 7) is 0.767. The average Bonchev–Trinajstić information content (AvgIpc) is 2.46. The third-order valence-corrected chi connectivity index (χ3v) is 2.73. The van der Waals surface area contributed by atoms with Gasteiger partial charge < -0.3 is 25.2 Å². The smallest absolute Gasteiger partial charge is 0.319 e. The van der Waals surface area contributed by atoms with Crippen molar-refractivity contribution in [3.8, 4) is 11.5 Å². The molecule has 6 nitrogen and oxygen atoms in total. The van der Waals surface area contributed by atoms with Crippen LogP contribution in [0.25, 0.3) is 0 Å². The third kappa shape index (κ3) is 5.79. The van der Waals surface area contributed by atoms with Crippen molar-refractivity contribution in [3.05, 3.63) is 18.2 Å². The second kappa shape index (κ2) is 9.03. The number of aliphatic hydroxyl groups is 1. The van der Waals surface area contributed by atoms with E-state index in [9.17, 15) is 4.79 Å². The van der Waals surface area contributed by atoms with E-state index in [1.54, 1.807) is 32.4 Å². The Morgan fingerprint density at radius 1 is 1.10 bits per heavy atom. The summed E-state index contributed by atoms with van der Waals surface area (Å²) in [5.41, 5.74) is 0.606. The number of carbonyl (C=O) groups is 1. The lowest BCUT2D eigenvalue weighted by atomic mass is 10.2. The van der Waals surface area contributed by atoms with Crippen molar-refractivity contribution >= 4 is 11.7 Å². The first-order chi connectivity index (χ1) is 9.69. The zero-order valence-electron chi connectivity index (χ0n) is 11.9. The summed E-state index contributed by atoms with van der Waals surface area (Å²) in [5, 5.41) is 14.1. The number of anilines is 1. The number of aliphatic hydroxyl groups excluding tert-OH is 1. The predicted molar refractivity (Wildman–Crippen MR) is 77.5 cm³/mol. The molecular weight excluding hydrogens is 260 g/mol. The van der Waals surface area contributed by atoms with Crippen LogP contribution in [0.5, 0.6) is 11.5 Å². The molecule has 0 bridgehead atoms. The minimum atomic E-state index is -0.274. The second-order valence-corrected chi connectivity index (χ2v) is 4.27. The Morgan fingerprint density at radius 3 is 2.30 bits per heavy atom. The number of amides is 2. The summed E-state index contributed by atoms with van der Waals surface area (Å²) in [6, 6.07) is 4.89. The highest BCUT2D eigenvalue weighted by atomic mass is 16.5. The highest BCUT2D eigenvalue weighted by Gasteiger charge is 2.05. The van der Waals surface area contributed by atoms with Crippen LogP contribution in [-0.4, -0.2) is 38.5 Å². The molecule has 6 heteroatoms. The summed E-state index contributed by atoms with van der Waals surface area (Å²) in [5.74, 6) is 1.23. The molecule has 0 saturated carbocycles. The van der Waals surface area contributed by atoms with Gasteiger partial charge in [0, 0.05) is 37.0 Å². The van der Waals surface area contributed by atoms with Gasteiger partial charge in [-0.1, -0.05) is 0 Å². The first-order valence-electron chi connectivity index (χ1n) is 6.58. The Morgan fingerprint density at radius 2 is 1.75 bits per heavy atom.